The molecular formula is C10H7Br2N. The van der Waals surface area contributed by atoms with Crippen LogP contribution >= 0.6 is 31.9 Å². The first-order valence-electron chi connectivity index (χ1n) is 3.89. The van der Waals surface area contributed by atoms with Gasteiger partial charge in [-0.2, -0.15) is 0 Å². The van der Waals surface area contributed by atoms with Crippen LogP contribution in [0.3, 0.4) is 0 Å². The molecule has 2 rings (SSSR count). The maximum atomic E-state index is 4.28. The second-order valence-corrected chi connectivity index (χ2v) is 4.62. The van der Waals surface area contributed by atoms with E-state index in [9.17, 15) is 0 Å². The van der Waals surface area contributed by atoms with E-state index in [1.54, 1.807) is 6.20 Å². The zero-order valence-corrected chi connectivity index (χ0v) is 10.2. The summed E-state index contributed by atoms with van der Waals surface area (Å²) in [6.07, 6.45) is 1.80. The normalized spacial score (nSPS) is 10.7. The van der Waals surface area contributed by atoms with Gasteiger partial charge in [0, 0.05) is 20.5 Å². The Morgan fingerprint density at radius 3 is 2.69 bits per heavy atom. The fourth-order valence-corrected chi connectivity index (χ4v) is 2.01. The third-order valence-electron chi connectivity index (χ3n) is 1.97. The number of aromatic nitrogens is 1. The standard InChI is InChI=1S/C10H7Br2N/c1-6-4-7-8(11)2-3-13-10(7)5-9(6)12/h2-5H,1H3. The maximum Gasteiger partial charge on any atom is 0.0724 e. The molecule has 1 aromatic carbocycles. The molecule has 3 heteroatoms. The van der Waals surface area contributed by atoms with Crippen LogP contribution in [0.1, 0.15) is 5.56 Å². The lowest BCUT2D eigenvalue weighted by atomic mass is 10.1. The number of aryl methyl sites for hydroxylation is 1. The van der Waals surface area contributed by atoms with Crippen LogP contribution in [-0.4, -0.2) is 4.98 Å². The van der Waals surface area contributed by atoms with Crippen LogP contribution in [0.25, 0.3) is 10.9 Å². The molecule has 0 spiro atoms. The average molecular weight is 301 g/mol. The Kier molecular flexibility index (Phi) is 2.39. The minimum absolute atomic E-state index is 1.01. The minimum Gasteiger partial charge on any atom is -0.256 e. The van der Waals surface area contributed by atoms with Crippen LogP contribution in [0, 0.1) is 6.92 Å². The highest BCUT2D eigenvalue weighted by molar-refractivity contribution is 9.11. The van der Waals surface area contributed by atoms with Gasteiger partial charge in [0.2, 0.25) is 0 Å². The molecule has 0 bridgehead atoms. The zero-order chi connectivity index (χ0) is 9.42. The van der Waals surface area contributed by atoms with Gasteiger partial charge in [-0.15, -0.1) is 0 Å². The molecule has 0 amide bonds. The Morgan fingerprint density at radius 2 is 1.92 bits per heavy atom. The van der Waals surface area contributed by atoms with Gasteiger partial charge in [-0.3, -0.25) is 4.98 Å². The summed E-state index contributed by atoms with van der Waals surface area (Å²) in [6.45, 7) is 2.07. The molecule has 0 unspecified atom stereocenters. The molecule has 13 heavy (non-hydrogen) atoms. The van der Waals surface area contributed by atoms with E-state index in [0.717, 1.165) is 19.8 Å². The highest BCUT2D eigenvalue weighted by atomic mass is 79.9. The number of nitrogens with zero attached hydrogens (tertiary/aromatic N) is 1. The van der Waals surface area contributed by atoms with Crippen molar-refractivity contribution in [2.75, 3.05) is 0 Å². The van der Waals surface area contributed by atoms with Crippen LogP contribution < -0.4 is 0 Å². The van der Waals surface area contributed by atoms with Crippen LogP contribution in [0.2, 0.25) is 0 Å². The molecule has 0 aliphatic carbocycles. The first-order valence-corrected chi connectivity index (χ1v) is 5.47. The fraction of sp³-hybridized carbons (Fsp3) is 0.100. The van der Waals surface area contributed by atoms with E-state index < -0.39 is 0 Å². The monoisotopic (exact) mass is 299 g/mol. The van der Waals surface area contributed by atoms with Gasteiger partial charge in [0.05, 0.1) is 5.52 Å². The van der Waals surface area contributed by atoms with E-state index in [0.29, 0.717) is 0 Å². The van der Waals surface area contributed by atoms with Gasteiger partial charge in [-0.1, -0.05) is 31.9 Å². The van der Waals surface area contributed by atoms with E-state index >= 15 is 0 Å². The van der Waals surface area contributed by atoms with E-state index in [1.165, 1.54) is 5.56 Å². The number of pyridine rings is 1. The lowest BCUT2D eigenvalue weighted by Crippen LogP contribution is -1.82. The molecule has 2 aromatic rings. The molecule has 0 radical (unpaired) electrons. The summed E-state index contributed by atoms with van der Waals surface area (Å²) < 4.78 is 2.19. The summed E-state index contributed by atoms with van der Waals surface area (Å²) in [6, 6.07) is 6.11. The van der Waals surface area contributed by atoms with Gasteiger partial charge in [0.15, 0.2) is 0 Å². The average Bonchev–Trinajstić information content (AvgIpc) is 2.09. The number of benzene rings is 1. The van der Waals surface area contributed by atoms with Gasteiger partial charge in [0.25, 0.3) is 0 Å². The predicted octanol–water partition coefficient (Wildman–Crippen LogP) is 4.07. The topological polar surface area (TPSA) is 12.9 Å². The Hall–Kier alpha value is -0.410. The number of halogens is 2. The maximum absolute atomic E-state index is 4.28. The van der Waals surface area contributed by atoms with Crippen molar-refractivity contribution in [1.82, 2.24) is 4.98 Å². The van der Waals surface area contributed by atoms with E-state index in [1.807, 2.05) is 12.1 Å². The number of rotatable bonds is 0. The minimum atomic E-state index is 1.01. The molecule has 66 valence electrons. The Labute approximate surface area is 93.4 Å². The van der Waals surface area contributed by atoms with Crippen molar-refractivity contribution in [3.63, 3.8) is 0 Å². The molecule has 0 aliphatic heterocycles. The summed E-state index contributed by atoms with van der Waals surface area (Å²) in [5, 5.41) is 1.16. The second-order valence-electron chi connectivity index (χ2n) is 2.91. The molecule has 0 saturated carbocycles. The Bertz CT molecular complexity index is 466. The first kappa shape index (κ1) is 9.16. The summed E-state index contributed by atoms with van der Waals surface area (Å²) >= 11 is 6.99. The van der Waals surface area contributed by atoms with Crippen molar-refractivity contribution < 1.29 is 0 Å². The summed E-state index contributed by atoms with van der Waals surface area (Å²) in [5.41, 5.74) is 2.23. The molecule has 1 nitrogen and oxygen atoms in total. The van der Waals surface area contributed by atoms with Crippen LogP contribution in [0.5, 0.6) is 0 Å². The fourth-order valence-electron chi connectivity index (χ4n) is 1.24. The van der Waals surface area contributed by atoms with Crippen LogP contribution in [0.4, 0.5) is 0 Å². The van der Waals surface area contributed by atoms with E-state index in [-0.39, 0.29) is 0 Å². The summed E-state index contributed by atoms with van der Waals surface area (Å²) in [7, 11) is 0. The molecule has 1 heterocycles. The highest BCUT2D eigenvalue weighted by Gasteiger charge is 2.02. The summed E-state index contributed by atoms with van der Waals surface area (Å²) in [4.78, 5) is 4.28. The lowest BCUT2D eigenvalue weighted by molar-refractivity contribution is 1.37. The third-order valence-corrected chi connectivity index (χ3v) is 3.51. The molecule has 1 aromatic heterocycles. The van der Waals surface area contributed by atoms with Gasteiger partial charge in [0.1, 0.15) is 0 Å². The second kappa shape index (κ2) is 3.39. The molecular weight excluding hydrogens is 294 g/mol. The van der Waals surface area contributed by atoms with Crippen molar-refractivity contribution in [3.8, 4) is 0 Å². The summed E-state index contributed by atoms with van der Waals surface area (Å²) in [5.74, 6) is 0. The largest absolute Gasteiger partial charge is 0.256 e. The van der Waals surface area contributed by atoms with E-state index in [2.05, 4.69) is 49.8 Å². The number of fused-ring (bicyclic) bond motifs is 1. The number of hydrogen-bond acceptors (Lipinski definition) is 1. The van der Waals surface area contributed by atoms with Crippen molar-refractivity contribution in [3.05, 3.63) is 38.9 Å². The Balaban J connectivity index is 2.89. The molecule has 0 N–H and O–H groups in total. The van der Waals surface area contributed by atoms with Crippen molar-refractivity contribution >= 4 is 42.8 Å². The smallest absolute Gasteiger partial charge is 0.0724 e. The number of hydrogen-bond donors (Lipinski definition) is 0. The molecule has 0 atom stereocenters. The zero-order valence-electron chi connectivity index (χ0n) is 7.01. The van der Waals surface area contributed by atoms with Gasteiger partial charge < -0.3 is 0 Å². The van der Waals surface area contributed by atoms with Crippen LogP contribution in [-0.2, 0) is 0 Å². The van der Waals surface area contributed by atoms with Gasteiger partial charge in [-0.25, -0.2) is 0 Å². The van der Waals surface area contributed by atoms with Crippen molar-refractivity contribution in [2.24, 2.45) is 0 Å². The lowest BCUT2D eigenvalue weighted by Gasteiger charge is -2.02. The molecule has 0 fully saturated rings. The van der Waals surface area contributed by atoms with Crippen LogP contribution in [0.15, 0.2) is 33.3 Å². The molecule has 0 saturated heterocycles. The van der Waals surface area contributed by atoms with E-state index in [4.69, 9.17) is 0 Å². The third kappa shape index (κ3) is 1.63. The SMILES string of the molecule is Cc1cc2c(Br)ccnc2cc1Br. The van der Waals surface area contributed by atoms with Gasteiger partial charge in [-0.05, 0) is 30.7 Å². The highest BCUT2D eigenvalue weighted by Crippen LogP contribution is 2.27. The van der Waals surface area contributed by atoms with Crippen molar-refractivity contribution in [1.29, 1.82) is 0 Å². The first-order chi connectivity index (χ1) is 6.18. The van der Waals surface area contributed by atoms with Crippen molar-refractivity contribution in [2.45, 2.75) is 6.92 Å². The quantitative estimate of drug-likeness (QED) is 0.715. The Morgan fingerprint density at radius 1 is 1.15 bits per heavy atom. The predicted molar refractivity (Wildman–Crippen MR) is 61.9 cm³/mol. The molecule has 0 aliphatic rings. The van der Waals surface area contributed by atoms with Gasteiger partial charge >= 0.3 is 0 Å².